The summed E-state index contributed by atoms with van der Waals surface area (Å²) in [5.41, 5.74) is 0.910. The highest BCUT2D eigenvalue weighted by atomic mass is 127. The van der Waals surface area contributed by atoms with E-state index in [9.17, 15) is 4.79 Å². The van der Waals surface area contributed by atoms with Gasteiger partial charge in [0.25, 0.3) is 0 Å². The Morgan fingerprint density at radius 2 is 2.00 bits per heavy atom. The maximum absolute atomic E-state index is 10.8. The maximum Gasteiger partial charge on any atom is 0.209 e. The van der Waals surface area contributed by atoms with E-state index in [1.54, 1.807) is 6.20 Å². The lowest BCUT2D eigenvalue weighted by Gasteiger charge is -2.45. The van der Waals surface area contributed by atoms with E-state index in [1.165, 1.54) is 0 Å². The fraction of sp³-hybridized carbons (Fsp3) is 0.533. The van der Waals surface area contributed by atoms with Gasteiger partial charge in [0, 0.05) is 50.5 Å². The molecule has 0 unspecified atom stereocenters. The molecule has 6 nitrogen and oxygen atoms in total. The lowest BCUT2D eigenvalue weighted by molar-refractivity contribution is -0.120. The fourth-order valence-electron chi connectivity index (χ4n) is 3.58. The third-order valence-corrected chi connectivity index (χ3v) is 6.02. The predicted molar refractivity (Wildman–Crippen MR) is 95.7 cm³/mol. The first kappa shape index (κ1) is 15.6. The molecule has 1 saturated carbocycles. The lowest BCUT2D eigenvalue weighted by Crippen LogP contribution is -2.53. The summed E-state index contributed by atoms with van der Waals surface area (Å²) in [6.45, 7) is 3.64. The van der Waals surface area contributed by atoms with Crippen LogP contribution in [0.2, 0.25) is 5.15 Å². The normalized spacial score (nSPS) is 25.6. The third kappa shape index (κ3) is 2.72. The van der Waals surface area contributed by atoms with Crippen LogP contribution in [0.5, 0.6) is 0 Å². The Labute approximate surface area is 153 Å². The van der Waals surface area contributed by atoms with Crippen molar-refractivity contribution in [3.05, 3.63) is 27.1 Å². The summed E-state index contributed by atoms with van der Waals surface area (Å²) in [4.78, 5) is 24.0. The van der Waals surface area contributed by atoms with Crippen LogP contribution < -0.4 is 0 Å². The van der Waals surface area contributed by atoms with Crippen molar-refractivity contribution in [2.24, 2.45) is 0 Å². The fourth-order valence-corrected chi connectivity index (χ4v) is 4.73. The minimum Gasteiger partial charge on any atom is -0.343 e. The molecular weight excluding hydrogens is 429 g/mol. The van der Waals surface area contributed by atoms with Gasteiger partial charge in [0.2, 0.25) is 6.41 Å². The molecule has 23 heavy (non-hydrogen) atoms. The zero-order valence-electron chi connectivity index (χ0n) is 12.5. The Kier molecular flexibility index (Phi) is 4.19. The van der Waals surface area contributed by atoms with E-state index in [0.29, 0.717) is 17.1 Å². The number of amides is 1. The Balaban J connectivity index is 1.46. The van der Waals surface area contributed by atoms with Crippen molar-refractivity contribution < 1.29 is 4.79 Å². The first-order valence-electron chi connectivity index (χ1n) is 7.78. The number of aromatic nitrogens is 3. The summed E-state index contributed by atoms with van der Waals surface area (Å²) in [5.74, 6) is 1.56. The van der Waals surface area contributed by atoms with Crippen molar-refractivity contribution in [1.29, 1.82) is 0 Å². The van der Waals surface area contributed by atoms with Crippen molar-refractivity contribution in [3.63, 3.8) is 0 Å². The van der Waals surface area contributed by atoms with Gasteiger partial charge in [-0.3, -0.25) is 14.1 Å². The molecule has 2 fully saturated rings. The van der Waals surface area contributed by atoms with Gasteiger partial charge < -0.3 is 4.90 Å². The van der Waals surface area contributed by atoms with Crippen molar-refractivity contribution in [1.82, 2.24) is 24.2 Å². The third-order valence-electron chi connectivity index (χ3n) is 4.99. The second-order valence-corrected chi connectivity index (χ2v) is 7.58. The Morgan fingerprint density at radius 1 is 1.26 bits per heavy atom. The van der Waals surface area contributed by atoms with Gasteiger partial charge in [-0.2, -0.15) is 0 Å². The number of rotatable bonds is 3. The quantitative estimate of drug-likeness (QED) is 0.536. The summed E-state index contributed by atoms with van der Waals surface area (Å²) in [6.07, 6.45) is 6.87. The second-order valence-electron chi connectivity index (χ2n) is 6.20. The molecule has 4 rings (SSSR count). The molecule has 2 aromatic rings. The zero-order valence-corrected chi connectivity index (χ0v) is 15.4. The molecule has 2 aliphatic rings. The monoisotopic (exact) mass is 445 g/mol. The van der Waals surface area contributed by atoms with E-state index in [1.807, 2.05) is 11.1 Å². The van der Waals surface area contributed by atoms with Crippen molar-refractivity contribution in [3.8, 4) is 0 Å². The predicted octanol–water partition coefficient (Wildman–Crippen LogP) is 2.01. The Bertz CT molecular complexity index is 737. The molecule has 0 radical (unpaired) electrons. The van der Waals surface area contributed by atoms with Gasteiger partial charge in [-0.15, -0.1) is 0 Å². The number of fused-ring (bicyclic) bond motifs is 1. The number of piperazine rings is 1. The van der Waals surface area contributed by atoms with E-state index in [0.717, 1.165) is 60.5 Å². The summed E-state index contributed by atoms with van der Waals surface area (Å²) >= 11 is 8.43. The van der Waals surface area contributed by atoms with E-state index < -0.39 is 0 Å². The zero-order chi connectivity index (χ0) is 16.0. The summed E-state index contributed by atoms with van der Waals surface area (Å²) in [6, 6.07) is 0.608. The lowest BCUT2D eigenvalue weighted by atomic mass is 9.78. The molecule has 122 valence electrons. The molecular formula is C15H17ClIN5O. The largest absolute Gasteiger partial charge is 0.343 e. The number of hydrogen-bond donors (Lipinski definition) is 0. The molecule has 0 spiro atoms. The molecule has 3 heterocycles. The van der Waals surface area contributed by atoms with Crippen LogP contribution in [0.1, 0.15) is 24.6 Å². The minimum atomic E-state index is 0.471. The van der Waals surface area contributed by atoms with Crippen LogP contribution in [0.4, 0.5) is 0 Å². The number of carbonyl (C=O) groups excluding carboxylic acids is 1. The van der Waals surface area contributed by atoms with E-state index in [2.05, 4.69) is 36.9 Å². The standard InChI is InChI=1S/C15H17ClIN5O/c16-13-12-14(17)19-15(22(12)2-1-18-13)10-7-11(8-10)21-5-3-20(9-23)4-6-21/h1-2,9-11H,3-8H2. The highest BCUT2D eigenvalue weighted by Gasteiger charge is 2.38. The molecule has 0 atom stereocenters. The van der Waals surface area contributed by atoms with E-state index in [-0.39, 0.29) is 0 Å². The van der Waals surface area contributed by atoms with Gasteiger partial charge in [0.05, 0.1) is 0 Å². The Morgan fingerprint density at radius 3 is 2.70 bits per heavy atom. The van der Waals surface area contributed by atoms with Crippen LogP contribution >= 0.6 is 34.2 Å². The first-order chi connectivity index (χ1) is 11.2. The van der Waals surface area contributed by atoms with Crippen LogP contribution in [0.25, 0.3) is 5.52 Å². The number of halogens is 2. The van der Waals surface area contributed by atoms with Gasteiger partial charge in [-0.25, -0.2) is 9.97 Å². The molecule has 1 aliphatic carbocycles. The molecule has 1 saturated heterocycles. The molecule has 0 bridgehead atoms. The highest BCUT2D eigenvalue weighted by molar-refractivity contribution is 14.1. The Hall–Kier alpha value is -0.930. The molecule has 2 aromatic heterocycles. The van der Waals surface area contributed by atoms with E-state index in [4.69, 9.17) is 16.6 Å². The smallest absolute Gasteiger partial charge is 0.209 e. The van der Waals surface area contributed by atoms with Gasteiger partial charge in [-0.05, 0) is 35.4 Å². The maximum atomic E-state index is 10.8. The first-order valence-corrected chi connectivity index (χ1v) is 9.24. The summed E-state index contributed by atoms with van der Waals surface area (Å²) < 4.78 is 3.00. The number of imidazole rings is 1. The summed E-state index contributed by atoms with van der Waals surface area (Å²) in [5, 5.41) is 0.511. The summed E-state index contributed by atoms with van der Waals surface area (Å²) in [7, 11) is 0. The average Bonchev–Trinajstić information content (AvgIpc) is 2.85. The van der Waals surface area contributed by atoms with Crippen LogP contribution in [-0.2, 0) is 4.79 Å². The molecule has 1 aliphatic heterocycles. The number of nitrogens with zero attached hydrogens (tertiary/aromatic N) is 5. The van der Waals surface area contributed by atoms with Crippen LogP contribution in [-0.4, -0.2) is 62.8 Å². The molecule has 0 N–H and O–H groups in total. The van der Waals surface area contributed by atoms with E-state index >= 15 is 0 Å². The van der Waals surface area contributed by atoms with Gasteiger partial charge >= 0.3 is 0 Å². The van der Waals surface area contributed by atoms with Gasteiger partial charge in [0.1, 0.15) is 15.0 Å². The molecule has 1 amide bonds. The van der Waals surface area contributed by atoms with Crippen LogP contribution in [0.15, 0.2) is 12.4 Å². The average molecular weight is 446 g/mol. The molecule has 8 heteroatoms. The van der Waals surface area contributed by atoms with Crippen molar-refractivity contribution in [2.75, 3.05) is 26.2 Å². The van der Waals surface area contributed by atoms with Crippen LogP contribution in [0.3, 0.4) is 0 Å². The second kappa shape index (κ2) is 6.18. The van der Waals surface area contributed by atoms with Gasteiger partial charge in [-0.1, -0.05) is 11.6 Å². The number of hydrogen-bond acceptors (Lipinski definition) is 4. The van der Waals surface area contributed by atoms with Crippen molar-refractivity contribution >= 4 is 46.1 Å². The molecule has 0 aromatic carbocycles. The highest BCUT2D eigenvalue weighted by Crippen LogP contribution is 2.40. The SMILES string of the molecule is O=CN1CCN(C2CC(c3nc(I)c4c(Cl)nccn34)C2)CC1. The number of carbonyl (C=O) groups is 1. The van der Waals surface area contributed by atoms with Crippen molar-refractivity contribution in [2.45, 2.75) is 24.8 Å². The topological polar surface area (TPSA) is 53.7 Å². The minimum absolute atomic E-state index is 0.471. The van der Waals surface area contributed by atoms with Gasteiger partial charge in [0.15, 0.2) is 5.15 Å². The van der Waals surface area contributed by atoms with Crippen LogP contribution in [0, 0.1) is 3.70 Å².